The fraction of sp³-hybridized carbons (Fsp3) is 0.240. The highest BCUT2D eigenvalue weighted by Gasteiger charge is 2.34. The number of aryl methyl sites for hydroxylation is 2. The van der Waals surface area contributed by atoms with Crippen LogP contribution >= 0.6 is 11.6 Å². The Balaban J connectivity index is 1.79. The second-order valence-corrected chi connectivity index (χ2v) is 13.1. The van der Waals surface area contributed by atoms with E-state index in [0.29, 0.717) is 17.3 Å². The third kappa shape index (κ3) is 7.24. The average molecular weight is 619 g/mol. The zero-order valence-corrected chi connectivity index (χ0v) is 24.1. The van der Waals surface area contributed by atoms with Crippen LogP contribution < -0.4 is 14.3 Å². The molecule has 9 nitrogen and oxygen atoms in total. The van der Waals surface area contributed by atoms with Gasteiger partial charge in [0.25, 0.3) is 10.0 Å². The Labute approximate surface area is 235 Å². The quantitative estimate of drug-likeness (QED) is 0.349. The van der Waals surface area contributed by atoms with E-state index in [4.69, 9.17) is 11.6 Å². The number of carbonyl (C=O) groups is 1. The number of nitrogens with one attached hydrogen (secondary N) is 2. The molecule has 3 aromatic rings. The second-order valence-electron chi connectivity index (χ2n) is 8.96. The van der Waals surface area contributed by atoms with Crippen molar-refractivity contribution in [1.29, 1.82) is 0 Å². The van der Waals surface area contributed by atoms with Gasteiger partial charge in [-0.3, -0.25) is 9.52 Å². The summed E-state index contributed by atoms with van der Waals surface area (Å²) in [4.78, 5) is 12.6. The summed E-state index contributed by atoms with van der Waals surface area (Å²) in [6.45, 7) is 2.94. The average Bonchev–Trinajstić information content (AvgIpc) is 2.84. The Morgan fingerprint density at radius 3 is 2.08 bits per heavy atom. The zero-order chi connectivity index (χ0) is 30.0. The lowest BCUT2D eigenvalue weighted by molar-refractivity contribution is -0.137. The largest absolute Gasteiger partial charge is 0.417 e. The van der Waals surface area contributed by atoms with Crippen molar-refractivity contribution >= 4 is 54.8 Å². The molecule has 0 heterocycles. The van der Waals surface area contributed by atoms with Crippen LogP contribution in [0.3, 0.4) is 0 Å². The van der Waals surface area contributed by atoms with Gasteiger partial charge in [0.15, 0.2) is 0 Å². The molecule has 40 heavy (non-hydrogen) atoms. The number of carbonyl (C=O) groups excluding carboxylic acids is 1. The van der Waals surface area contributed by atoms with Gasteiger partial charge in [-0.05, 0) is 73.5 Å². The van der Waals surface area contributed by atoms with Gasteiger partial charge in [0.1, 0.15) is 6.54 Å². The van der Waals surface area contributed by atoms with E-state index < -0.39 is 49.4 Å². The number of sulfonamides is 1. The van der Waals surface area contributed by atoms with Crippen molar-refractivity contribution in [3.63, 3.8) is 0 Å². The summed E-state index contributed by atoms with van der Waals surface area (Å²) in [7, 11) is -5.66. The summed E-state index contributed by atoms with van der Waals surface area (Å²) >= 11 is 5.58. The fourth-order valence-corrected chi connectivity index (χ4v) is 5.94. The molecule has 0 atom stereocenters. The first kappa shape index (κ1) is 31.2. The Kier molecular flexibility index (Phi) is 9.09. The molecule has 2 N–H and O–H groups in total. The predicted molar refractivity (Wildman–Crippen MR) is 148 cm³/mol. The molecule has 1 amide bonds. The molecule has 0 bridgehead atoms. The molecule has 0 saturated heterocycles. The molecular weight excluding hydrogens is 593 g/mol. The molecule has 216 valence electrons. The van der Waals surface area contributed by atoms with Gasteiger partial charge in [0.05, 0.1) is 21.2 Å². The van der Waals surface area contributed by atoms with Gasteiger partial charge < -0.3 is 5.32 Å². The van der Waals surface area contributed by atoms with Crippen molar-refractivity contribution in [3.05, 3.63) is 82.4 Å². The molecule has 0 spiro atoms. The predicted octanol–water partition coefficient (Wildman–Crippen LogP) is 5.03. The maximum atomic E-state index is 13.1. The van der Waals surface area contributed by atoms with Crippen LogP contribution in [0.25, 0.3) is 0 Å². The van der Waals surface area contributed by atoms with Crippen LogP contribution in [0, 0.1) is 13.8 Å². The minimum Gasteiger partial charge on any atom is -0.325 e. The molecule has 0 aliphatic rings. The van der Waals surface area contributed by atoms with E-state index in [1.807, 2.05) is 6.07 Å². The molecule has 0 aliphatic heterocycles. The van der Waals surface area contributed by atoms with Crippen molar-refractivity contribution in [3.8, 4) is 0 Å². The molecule has 0 aromatic heterocycles. The van der Waals surface area contributed by atoms with Gasteiger partial charge in [-0.1, -0.05) is 23.7 Å². The number of benzene rings is 3. The Morgan fingerprint density at radius 1 is 0.900 bits per heavy atom. The standard InChI is InChI=1S/C25H26ClF3N4O5S2/c1-16-5-6-17(2)23(13-16)33(40(37,38)32(3)4)15-24(34)30-18-7-10-20(11-8-18)39(35,36)31-19-9-12-22(26)21(14-19)25(27,28)29/h5-14,31H,15H2,1-4H3,(H,30,34). The van der Waals surface area contributed by atoms with Crippen molar-refractivity contribution in [2.45, 2.75) is 24.9 Å². The van der Waals surface area contributed by atoms with Crippen molar-refractivity contribution in [2.24, 2.45) is 0 Å². The molecule has 0 unspecified atom stereocenters. The molecule has 15 heteroatoms. The summed E-state index contributed by atoms with van der Waals surface area (Å²) in [5.41, 5.74) is 0.374. The molecule has 0 fully saturated rings. The number of amides is 1. The van der Waals surface area contributed by atoms with E-state index >= 15 is 0 Å². The minimum absolute atomic E-state index is 0.165. The lowest BCUT2D eigenvalue weighted by Gasteiger charge is -2.28. The number of hydrogen-bond donors (Lipinski definition) is 2. The number of nitrogens with zero attached hydrogens (tertiary/aromatic N) is 2. The molecule has 0 radical (unpaired) electrons. The summed E-state index contributed by atoms with van der Waals surface area (Å²) in [5.74, 6) is -0.694. The van der Waals surface area contributed by atoms with E-state index in [9.17, 15) is 34.8 Å². The number of halogens is 4. The molecule has 3 aromatic carbocycles. The summed E-state index contributed by atoms with van der Waals surface area (Å²) in [6.07, 6.45) is -4.78. The highest BCUT2D eigenvalue weighted by molar-refractivity contribution is 7.92. The van der Waals surface area contributed by atoms with Gasteiger partial charge in [-0.2, -0.15) is 25.9 Å². The Hall–Kier alpha value is -3.33. The molecule has 3 rings (SSSR count). The Morgan fingerprint density at radius 2 is 1.50 bits per heavy atom. The molecule has 0 aliphatic carbocycles. The first-order chi connectivity index (χ1) is 18.4. The first-order valence-electron chi connectivity index (χ1n) is 11.5. The number of anilines is 3. The summed E-state index contributed by atoms with van der Waals surface area (Å²) in [5, 5.41) is 1.95. The topological polar surface area (TPSA) is 116 Å². The van der Waals surface area contributed by atoms with Crippen LogP contribution in [0.1, 0.15) is 16.7 Å². The second kappa shape index (κ2) is 11.6. The third-order valence-corrected chi connectivity index (χ3v) is 9.17. The van der Waals surface area contributed by atoms with Gasteiger partial charge >= 0.3 is 16.4 Å². The molecule has 0 saturated carbocycles. The summed E-state index contributed by atoms with van der Waals surface area (Å²) < 4.78 is 94.8. The lowest BCUT2D eigenvalue weighted by atomic mass is 10.1. The highest BCUT2D eigenvalue weighted by atomic mass is 35.5. The van der Waals surface area contributed by atoms with Crippen LogP contribution in [0.4, 0.5) is 30.2 Å². The zero-order valence-electron chi connectivity index (χ0n) is 21.7. The molecular formula is C25H26ClF3N4O5S2. The third-order valence-electron chi connectivity index (χ3n) is 5.63. The maximum absolute atomic E-state index is 13.1. The smallest absolute Gasteiger partial charge is 0.325 e. The maximum Gasteiger partial charge on any atom is 0.417 e. The summed E-state index contributed by atoms with van der Waals surface area (Å²) in [6, 6.07) is 12.6. The van der Waals surface area contributed by atoms with Gasteiger partial charge in [-0.25, -0.2) is 12.7 Å². The normalized spacial score (nSPS) is 12.3. The number of rotatable bonds is 9. The minimum atomic E-state index is -4.78. The van der Waals surface area contributed by atoms with Gasteiger partial charge in [0, 0.05) is 25.5 Å². The van der Waals surface area contributed by atoms with Crippen LogP contribution in [0.5, 0.6) is 0 Å². The monoisotopic (exact) mass is 618 g/mol. The van der Waals surface area contributed by atoms with Crippen molar-refractivity contribution < 1.29 is 34.8 Å². The fourth-order valence-electron chi connectivity index (χ4n) is 3.54. The van der Waals surface area contributed by atoms with Crippen LogP contribution in [-0.4, -0.2) is 47.7 Å². The number of alkyl halides is 3. The highest BCUT2D eigenvalue weighted by Crippen LogP contribution is 2.36. The van der Waals surface area contributed by atoms with Crippen molar-refractivity contribution in [1.82, 2.24) is 4.31 Å². The van der Waals surface area contributed by atoms with E-state index in [1.54, 1.807) is 26.0 Å². The van der Waals surface area contributed by atoms with E-state index in [-0.39, 0.29) is 16.3 Å². The van der Waals surface area contributed by atoms with Gasteiger partial charge in [0.2, 0.25) is 5.91 Å². The van der Waals surface area contributed by atoms with E-state index in [1.165, 1.54) is 26.2 Å². The Bertz CT molecular complexity index is 1630. The van der Waals surface area contributed by atoms with E-state index in [2.05, 4.69) is 10.0 Å². The first-order valence-corrected chi connectivity index (χ1v) is 14.7. The van der Waals surface area contributed by atoms with Crippen LogP contribution in [0.2, 0.25) is 5.02 Å². The lowest BCUT2D eigenvalue weighted by Crippen LogP contribution is -2.44. The number of hydrogen-bond acceptors (Lipinski definition) is 5. The SMILES string of the molecule is Cc1ccc(C)c(N(CC(=O)Nc2ccc(S(=O)(=O)Nc3ccc(Cl)c(C(F)(F)F)c3)cc2)S(=O)(=O)N(C)C)c1. The van der Waals surface area contributed by atoms with Crippen LogP contribution in [-0.2, 0) is 31.2 Å². The van der Waals surface area contributed by atoms with E-state index in [0.717, 1.165) is 38.4 Å². The van der Waals surface area contributed by atoms with Crippen molar-refractivity contribution in [2.75, 3.05) is 35.0 Å². The van der Waals surface area contributed by atoms with Crippen LogP contribution in [0.15, 0.2) is 65.6 Å². The van der Waals surface area contributed by atoms with Gasteiger partial charge in [-0.15, -0.1) is 0 Å².